The number of nitrogens with one attached hydrogen (secondary N) is 2. The lowest BCUT2D eigenvalue weighted by molar-refractivity contribution is -0.384. The Bertz CT molecular complexity index is 422. The molecule has 0 saturated carbocycles. The van der Waals surface area contributed by atoms with Gasteiger partial charge in [-0.25, -0.2) is 0 Å². The van der Waals surface area contributed by atoms with E-state index in [1.165, 1.54) is 18.2 Å². The van der Waals surface area contributed by atoms with Crippen LogP contribution in [0.25, 0.3) is 0 Å². The highest BCUT2D eigenvalue weighted by molar-refractivity contribution is 9.10. The molecule has 0 aromatic heterocycles. The molecular formula is C9H10BrN3O3. The molecule has 0 saturated heterocycles. The number of benzene rings is 1. The summed E-state index contributed by atoms with van der Waals surface area (Å²) in [5, 5.41) is 15.8. The molecule has 1 rings (SSSR count). The third-order valence-corrected chi connectivity index (χ3v) is 2.43. The normalized spacial score (nSPS) is 9.88. The van der Waals surface area contributed by atoms with E-state index in [1.54, 1.807) is 7.05 Å². The SMILES string of the molecule is CNCC(=O)Nc1ccc([N+](=O)[O-])cc1Br. The highest BCUT2D eigenvalue weighted by atomic mass is 79.9. The van der Waals surface area contributed by atoms with Crippen LogP contribution in [0.2, 0.25) is 0 Å². The van der Waals surface area contributed by atoms with E-state index in [1.807, 2.05) is 0 Å². The molecule has 1 aromatic rings. The average Bonchev–Trinajstić information content (AvgIpc) is 2.21. The van der Waals surface area contributed by atoms with Crippen molar-refractivity contribution < 1.29 is 9.72 Å². The Balaban J connectivity index is 2.83. The predicted molar refractivity (Wildman–Crippen MR) is 63.4 cm³/mol. The van der Waals surface area contributed by atoms with Crippen LogP contribution in [0, 0.1) is 10.1 Å². The van der Waals surface area contributed by atoms with E-state index in [9.17, 15) is 14.9 Å². The first-order valence-corrected chi connectivity index (χ1v) is 5.22. The third-order valence-electron chi connectivity index (χ3n) is 1.77. The topological polar surface area (TPSA) is 84.3 Å². The van der Waals surface area contributed by atoms with Crippen molar-refractivity contribution in [1.29, 1.82) is 0 Å². The summed E-state index contributed by atoms with van der Waals surface area (Å²) in [7, 11) is 1.66. The van der Waals surface area contributed by atoms with Crippen LogP contribution < -0.4 is 10.6 Å². The molecule has 7 heteroatoms. The maximum atomic E-state index is 11.3. The summed E-state index contributed by atoms with van der Waals surface area (Å²) in [6.45, 7) is 0.184. The van der Waals surface area contributed by atoms with Crippen LogP contribution in [0.1, 0.15) is 0 Å². The summed E-state index contributed by atoms with van der Waals surface area (Å²) >= 11 is 3.16. The summed E-state index contributed by atoms with van der Waals surface area (Å²) in [4.78, 5) is 21.2. The molecule has 0 spiro atoms. The minimum absolute atomic E-state index is 0.0292. The van der Waals surface area contributed by atoms with Crippen molar-refractivity contribution >= 4 is 33.2 Å². The van der Waals surface area contributed by atoms with Gasteiger partial charge in [-0.05, 0) is 29.0 Å². The molecule has 0 heterocycles. The number of halogens is 1. The second-order valence-electron chi connectivity index (χ2n) is 3.00. The molecule has 0 unspecified atom stereocenters. The number of nitro benzene ring substituents is 1. The fraction of sp³-hybridized carbons (Fsp3) is 0.222. The number of carbonyl (C=O) groups is 1. The Morgan fingerprint density at radius 1 is 1.56 bits per heavy atom. The lowest BCUT2D eigenvalue weighted by Gasteiger charge is -2.06. The number of carbonyl (C=O) groups excluding carboxylic acids is 1. The molecule has 0 aliphatic heterocycles. The molecular weight excluding hydrogens is 278 g/mol. The minimum Gasteiger partial charge on any atom is -0.324 e. The van der Waals surface area contributed by atoms with E-state index in [0.717, 1.165) is 0 Å². The van der Waals surface area contributed by atoms with Gasteiger partial charge in [-0.15, -0.1) is 0 Å². The molecule has 0 aliphatic rings. The minimum atomic E-state index is -0.496. The second-order valence-corrected chi connectivity index (χ2v) is 3.85. The molecule has 0 atom stereocenters. The summed E-state index contributed by atoms with van der Waals surface area (Å²) < 4.78 is 0.478. The molecule has 0 fully saturated rings. The molecule has 0 aliphatic carbocycles. The van der Waals surface area contributed by atoms with Gasteiger partial charge < -0.3 is 10.6 Å². The Morgan fingerprint density at radius 3 is 2.75 bits per heavy atom. The number of anilines is 1. The van der Waals surface area contributed by atoms with Crippen molar-refractivity contribution in [1.82, 2.24) is 5.32 Å². The van der Waals surface area contributed by atoms with Crippen molar-refractivity contribution in [2.75, 3.05) is 18.9 Å². The van der Waals surface area contributed by atoms with Crippen molar-refractivity contribution in [3.63, 3.8) is 0 Å². The monoisotopic (exact) mass is 287 g/mol. The Hall–Kier alpha value is -1.47. The fourth-order valence-electron chi connectivity index (χ4n) is 1.07. The smallest absolute Gasteiger partial charge is 0.270 e. The summed E-state index contributed by atoms with van der Waals surface area (Å²) in [5.41, 5.74) is 0.476. The maximum absolute atomic E-state index is 11.3. The van der Waals surface area contributed by atoms with Gasteiger partial charge >= 0.3 is 0 Å². The highest BCUT2D eigenvalue weighted by Gasteiger charge is 2.10. The van der Waals surface area contributed by atoms with Gasteiger partial charge in [-0.3, -0.25) is 14.9 Å². The van der Waals surface area contributed by atoms with E-state index < -0.39 is 4.92 Å². The van der Waals surface area contributed by atoms with Crippen LogP contribution in [-0.4, -0.2) is 24.4 Å². The largest absolute Gasteiger partial charge is 0.324 e. The molecule has 86 valence electrons. The van der Waals surface area contributed by atoms with Crippen molar-refractivity contribution in [3.8, 4) is 0 Å². The lowest BCUT2D eigenvalue weighted by atomic mass is 10.3. The van der Waals surface area contributed by atoms with Crippen LogP contribution in [0.15, 0.2) is 22.7 Å². The van der Waals surface area contributed by atoms with Crippen LogP contribution in [0.3, 0.4) is 0 Å². The molecule has 6 nitrogen and oxygen atoms in total. The molecule has 0 bridgehead atoms. The van der Waals surface area contributed by atoms with E-state index >= 15 is 0 Å². The van der Waals surface area contributed by atoms with E-state index in [2.05, 4.69) is 26.6 Å². The van der Waals surface area contributed by atoms with Crippen LogP contribution >= 0.6 is 15.9 Å². The lowest BCUT2D eigenvalue weighted by Crippen LogP contribution is -2.25. The first-order chi connectivity index (χ1) is 7.54. The Kier molecular flexibility index (Phi) is 4.39. The average molecular weight is 288 g/mol. The Labute approximate surface area is 100 Å². The zero-order valence-corrected chi connectivity index (χ0v) is 10.1. The third kappa shape index (κ3) is 3.28. The number of non-ortho nitro benzene ring substituents is 1. The maximum Gasteiger partial charge on any atom is 0.270 e. The molecule has 2 N–H and O–H groups in total. The number of likely N-dealkylation sites (N-methyl/N-ethyl adjacent to an activating group) is 1. The van der Waals surface area contributed by atoms with Crippen LogP contribution in [0.4, 0.5) is 11.4 Å². The predicted octanol–water partition coefficient (Wildman–Crippen LogP) is 1.52. The first kappa shape index (κ1) is 12.6. The van der Waals surface area contributed by atoms with Gasteiger partial charge in [0, 0.05) is 16.6 Å². The summed E-state index contributed by atoms with van der Waals surface area (Å²) in [6, 6.07) is 4.16. The van der Waals surface area contributed by atoms with Crippen molar-refractivity contribution in [2.24, 2.45) is 0 Å². The first-order valence-electron chi connectivity index (χ1n) is 4.43. The van der Waals surface area contributed by atoms with Gasteiger partial charge in [0.05, 0.1) is 17.2 Å². The number of hydrogen-bond acceptors (Lipinski definition) is 4. The fourth-order valence-corrected chi connectivity index (χ4v) is 1.54. The van der Waals surface area contributed by atoms with Gasteiger partial charge in [0.2, 0.25) is 5.91 Å². The number of nitro groups is 1. The summed E-state index contributed by atoms with van der Waals surface area (Å²) in [5.74, 6) is -0.211. The second kappa shape index (κ2) is 5.57. The zero-order chi connectivity index (χ0) is 12.1. The number of rotatable bonds is 4. The van der Waals surface area contributed by atoms with Gasteiger partial charge in [-0.2, -0.15) is 0 Å². The highest BCUT2D eigenvalue weighted by Crippen LogP contribution is 2.26. The van der Waals surface area contributed by atoms with Gasteiger partial charge in [-0.1, -0.05) is 0 Å². The van der Waals surface area contributed by atoms with Crippen molar-refractivity contribution in [3.05, 3.63) is 32.8 Å². The van der Waals surface area contributed by atoms with Crippen molar-refractivity contribution in [2.45, 2.75) is 0 Å². The quantitative estimate of drug-likeness (QED) is 0.649. The van der Waals surface area contributed by atoms with E-state index in [0.29, 0.717) is 10.2 Å². The Morgan fingerprint density at radius 2 is 2.25 bits per heavy atom. The zero-order valence-electron chi connectivity index (χ0n) is 8.49. The number of nitrogens with zero attached hydrogens (tertiary/aromatic N) is 1. The van der Waals surface area contributed by atoms with E-state index in [4.69, 9.17) is 0 Å². The number of amides is 1. The molecule has 1 aromatic carbocycles. The van der Waals surface area contributed by atoms with Crippen LogP contribution in [-0.2, 0) is 4.79 Å². The molecule has 0 radical (unpaired) electrons. The molecule has 16 heavy (non-hydrogen) atoms. The standard InChI is InChI=1S/C9H10BrN3O3/c1-11-5-9(14)12-8-3-2-6(13(15)16)4-7(8)10/h2-4,11H,5H2,1H3,(H,12,14). The van der Waals surface area contributed by atoms with Gasteiger partial charge in [0.15, 0.2) is 0 Å². The van der Waals surface area contributed by atoms with E-state index in [-0.39, 0.29) is 18.1 Å². The molecule has 1 amide bonds. The van der Waals surface area contributed by atoms with Crippen LogP contribution in [0.5, 0.6) is 0 Å². The summed E-state index contributed by atoms with van der Waals surface area (Å²) in [6.07, 6.45) is 0. The van der Waals surface area contributed by atoms with Gasteiger partial charge in [0.25, 0.3) is 5.69 Å². The van der Waals surface area contributed by atoms with Gasteiger partial charge in [0.1, 0.15) is 0 Å². The number of hydrogen-bond donors (Lipinski definition) is 2.